The summed E-state index contributed by atoms with van der Waals surface area (Å²) in [5.74, 6) is 0. The van der Waals surface area contributed by atoms with Gasteiger partial charge in [-0.2, -0.15) is 0 Å². The first-order chi connectivity index (χ1) is 8.58. The van der Waals surface area contributed by atoms with E-state index < -0.39 is 7.60 Å². The molecule has 106 valence electrons. The van der Waals surface area contributed by atoms with Gasteiger partial charge in [0.25, 0.3) is 0 Å². The summed E-state index contributed by atoms with van der Waals surface area (Å²) in [4.78, 5) is 10.3. The molecule has 2 saturated carbocycles. The Balaban J connectivity index is 2.02. The number of rotatable bonds is 4. The second kappa shape index (κ2) is 6.07. The first kappa shape index (κ1) is 14.6. The van der Waals surface area contributed by atoms with Crippen molar-refractivity contribution in [2.24, 2.45) is 0 Å². The van der Waals surface area contributed by atoms with E-state index in [1.54, 1.807) is 0 Å². The van der Waals surface area contributed by atoms with E-state index in [1.165, 1.54) is 12.8 Å². The molecule has 0 aromatic carbocycles. The lowest BCUT2D eigenvalue weighted by Crippen LogP contribution is -2.34. The fraction of sp³-hybridized carbons (Fsp3) is 1.00. The van der Waals surface area contributed by atoms with Gasteiger partial charge in [0.15, 0.2) is 0 Å². The Morgan fingerprint density at radius 1 is 1.11 bits per heavy atom. The van der Waals surface area contributed by atoms with Crippen LogP contribution in [-0.2, 0) is 9.09 Å². The molecule has 2 fully saturated rings. The average molecular weight is 274 g/mol. The van der Waals surface area contributed by atoms with Gasteiger partial charge in [-0.1, -0.05) is 45.4 Å². The Morgan fingerprint density at radius 2 is 1.67 bits per heavy atom. The zero-order valence-corrected chi connectivity index (χ0v) is 12.5. The van der Waals surface area contributed by atoms with Crippen LogP contribution in [0.15, 0.2) is 0 Å². The van der Waals surface area contributed by atoms with E-state index in [0.717, 1.165) is 57.8 Å². The molecule has 18 heavy (non-hydrogen) atoms. The van der Waals surface area contributed by atoms with Gasteiger partial charge in [-0.3, -0.25) is 4.57 Å². The van der Waals surface area contributed by atoms with E-state index in [9.17, 15) is 9.46 Å². The Morgan fingerprint density at radius 3 is 2.22 bits per heavy atom. The molecule has 1 N–H and O–H groups in total. The van der Waals surface area contributed by atoms with E-state index in [1.807, 2.05) is 0 Å². The van der Waals surface area contributed by atoms with Crippen molar-refractivity contribution in [1.82, 2.24) is 0 Å². The fourth-order valence-electron chi connectivity index (χ4n) is 3.46. The minimum Gasteiger partial charge on any atom is -0.324 e. The third kappa shape index (κ3) is 3.37. The van der Waals surface area contributed by atoms with Crippen molar-refractivity contribution in [3.63, 3.8) is 0 Å². The molecular formula is C14H27O3P. The van der Waals surface area contributed by atoms with Crippen LogP contribution in [0.4, 0.5) is 0 Å². The van der Waals surface area contributed by atoms with Crippen molar-refractivity contribution in [2.75, 3.05) is 0 Å². The highest BCUT2D eigenvalue weighted by Crippen LogP contribution is 2.58. The molecule has 4 heteroatoms. The molecule has 1 unspecified atom stereocenters. The minimum absolute atomic E-state index is 0.100. The minimum atomic E-state index is -3.42. The maximum Gasteiger partial charge on any atom is 0.331 e. The molecule has 0 spiro atoms. The molecule has 2 rings (SSSR count). The summed E-state index contributed by atoms with van der Waals surface area (Å²) >= 11 is 0. The molecule has 0 radical (unpaired) electrons. The van der Waals surface area contributed by atoms with E-state index in [2.05, 4.69) is 6.92 Å². The van der Waals surface area contributed by atoms with Crippen LogP contribution in [-0.4, -0.2) is 16.2 Å². The van der Waals surface area contributed by atoms with Gasteiger partial charge in [0.2, 0.25) is 0 Å². The van der Waals surface area contributed by atoms with Crippen LogP contribution < -0.4 is 0 Å². The zero-order valence-electron chi connectivity index (χ0n) is 11.6. The SMILES string of the molecule is CCC1(OP(=O)(O)C2CCCCC2)CCCCC1. The van der Waals surface area contributed by atoms with E-state index in [4.69, 9.17) is 4.52 Å². The normalized spacial score (nSPS) is 28.8. The zero-order chi connectivity index (χ0) is 13.1. The molecule has 2 aliphatic carbocycles. The lowest BCUT2D eigenvalue weighted by atomic mass is 9.83. The van der Waals surface area contributed by atoms with Crippen LogP contribution in [0.1, 0.15) is 77.6 Å². The van der Waals surface area contributed by atoms with Gasteiger partial charge in [-0.25, -0.2) is 0 Å². The van der Waals surface area contributed by atoms with Crippen LogP contribution in [0.2, 0.25) is 0 Å². The molecule has 0 bridgehead atoms. The van der Waals surface area contributed by atoms with Gasteiger partial charge >= 0.3 is 7.60 Å². The van der Waals surface area contributed by atoms with Crippen molar-refractivity contribution >= 4 is 7.60 Å². The Bertz CT molecular complexity index is 304. The van der Waals surface area contributed by atoms with Crippen LogP contribution in [0.3, 0.4) is 0 Å². The largest absolute Gasteiger partial charge is 0.331 e. The van der Waals surface area contributed by atoms with Crippen molar-refractivity contribution in [1.29, 1.82) is 0 Å². The first-order valence-electron chi connectivity index (χ1n) is 7.61. The molecule has 3 nitrogen and oxygen atoms in total. The topological polar surface area (TPSA) is 46.5 Å². The number of hydrogen-bond donors (Lipinski definition) is 1. The van der Waals surface area contributed by atoms with Crippen molar-refractivity contribution in [3.05, 3.63) is 0 Å². The molecule has 0 saturated heterocycles. The third-order valence-corrected chi connectivity index (χ3v) is 6.86. The summed E-state index contributed by atoms with van der Waals surface area (Å²) in [6, 6.07) is 0. The van der Waals surface area contributed by atoms with Crippen LogP contribution in [0, 0.1) is 0 Å². The fourth-order valence-corrected chi connectivity index (χ4v) is 5.50. The molecule has 0 amide bonds. The van der Waals surface area contributed by atoms with Crippen molar-refractivity contribution in [3.8, 4) is 0 Å². The highest BCUT2D eigenvalue weighted by Gasteiger charge is 2.42. The van der Waals surface area contributed by atoms with Gasteiger partial charge in [0, 0.05) is 0 Å². The second-order valence-corrected chi connectivity index (χ2v) is 8.09. The molecule has 0 aromatic heterocycles. The summed E-state index contributed by atoms with van der Waals surface area (Å²) in [5, 5.41) is 0. The van der Waals surface area contributed by atoms with Crippen LogP contribution >= 0.6 is 7.60 Å². The van der Waals surface area contributed by atoms with Crippen molar-refractivity contribution in [2.45, 2.75) is 88.8 Å². The highest BCUT2D eigenvalue weighted by atomic mass is 31.2. The maximum absolute atomic E-state index is 12.5. The van der Waals surface area contributed by atoms with Crippen LogP contribution in [0.5, 0.6) is 0 Å². The Kier molecular flexibility index (Phi) is 4.91. The summed E-state index contributed by atoms with van der Waals surface area (Å²) in [6.07, 6.45) is 11.4. The van der Waals surface area contributed by atoms with Gasteiger partial charge in [0.1, 0.15) is 0 Å². The lowest BCUT2D eigenvalue weighted by molar-refractivity contribution is 0.0136. The number of hydrogen-bond acceptors (Lipinski definition) is 2. The standard InChI is InChI=1S/C14H27O3P/c1-2-14(11-7-4-8-12-14)17-18(15,16)13-9-5-3-6-10-13/h13H,2-12H2,1H3,(H,15,16). The van der Waals surface area contributed by atoms with Crippen LogP contribution in [0.25, 0.3) is 0 Å². The molecule has 0 aromatic rings. The second-order valence-electron chi connectivity index (χ2n) is 6.04. The summed E-state index contributed by atoms with van der Waals surface area (Å²) in [5.41, 5.74) is -0.406. The Hall–Kier alpha value is 0.150. The lowest BCUT2D eigenvalue weighted by Gasteiger charge is -2.39. The average Bonchev–Trinajstić information content (AvgIpc) is 2.40. The summed E-state index contributed by atoms with van der Waals surface area (Å²) < 4.78 is 18.4. The monoisotopic (exact) mass is 274 g/mol. The highest BCUT2D eigenvalue weighted by molar-refractivity contribution is 7.53. The van der Waals surface area contributed by atoms with E-state index in [0.29, 0.717) is 0 Å². The predicted octanol–water partition coefficient (Wildman–Crippen LogP) is 4.63. The quantitative estimate of drug-likeness (QED) is 0.760. The van der Waals surface area contributed by atoms with Gasteiger partial charge in [-0.15, -0.1) is 0 Å². The van der Waals surface area contributed by atoms with E-state index >= 15 is 0 Å². The van der Waals surface area contributed by atoms with Crippen molar-refractivity contribution < 1.29 is 14.0 Å². The maximum atomic E-state index is 12.5. The molecule has 0 aliphatic heterocycles. The predicted molar refractivity (Wildman–Crippen MR) is 73.9 cm³/mol. The molecule has 1 atom stereocenters. The van der Waals surface area contributed by atoms with Gasteiger partial charge in [-0.05, 0) is 32.1 Å². The molecular weight excluding hydrogens is 247 g/mol. The smallest absolute Gasteiger partial charge is 0.324 e. The van der Waals surface area contributed by atoms with E-state index in [-0.39, 0.29) is 11.3 Å². The Labute approximate surface area is 111 Å². The van der Waals surface area contributed by atoms with Gasteiger partial charge < -0.3 is 9.42 Å². The molecule has 2 aliphatic rings. The van der Waals surface area contributed by atoms with Gasteiger partial charge in [0.05, 0.1) is 11.3 Å². The third-order valence-electron chi connectivity index (χ3n) is 4.77. The summed E-state index contributed by atoms with van der Waals surface area (Å²) in [6.45, 7) is 2.09. The first-order valence-corrected chi connectivity index (χ1v) is 9.26. The molecule has 0 heterocycles. The summed E-state index contributed by atoms with van der Waals surface area (Å²) in [7, 11) is -3.42.